The number of carboxylic acid groups (broad SMARTS) is 2. The van der Waals surface area contributed by atoms with Crippen LogP contribution in [0.25, 0.3) is 0 Å². The van der Waals surface area contributed by atoms with Gasteiger partial charge >= 0.3 is 11.9 Å². The fourth-order valence-corrected chi connectivity index (χ4v) is 5.98. The largest absolute Gasteiger partial charge is 0.481 e. The Balaban J connectivity index is 3.57. The molecule has 0 aliphatic rings. The van der Waals surface area contributed by atoms with Crippen LogP contribution < -0.4 is 37.6 Å². The number of benzene rings is 1. The molecule has 0 spiro atoms. The van der Waals surface area contributed by atoms with Crippen molar-refractivity contribution in [2.45, 2.75) is 143 Å². The normalized spacial score (nSPS) is 14.3. The molecule has 1 rings (SSSR count). The summed E-state index contributed by atoms with van der Waals surface area (Å²) in [7, 11) is 0. The van der Waals surface area contributed by atoms with Crippen LogP contribution in [0.15, 0.2) is 24.3 Å². The van der Waals surface area contributed by atoms with Crippen LogP contribution in [-0.2, 0) is 54.4 Å². The molecule has 0 aliphatic carbocycles. The van der Waals surface area contributed by atoms with Gasteiger partial charge in [-0.25, -0.2) is 0 Å². The maximum Gasteiger partial charge on any atom is 0.305 e. The highest BCUT2D eigenvalue weighted by molar-refractivity contribution is 6.37. The minimum Gasteiger partial charge on any atom is -0.481 e. The molecule has 0 saturated carbocycles. The molecule has 0 radical (unpaired) electrons. The van der Waals surface area contributed by atoms with Gasteiger partial charge in [-0.1, -0.05) is 78.6 Å². The first-order chi connectivity index (χ1) is 27.4. The van der Waals surface area contributed by atoms with Crippen molar-refractivity contribution >= 4 is 59.1 Å². The molecule has 0 aliphatic heterocycles. The Hall–Kier alpha value is -5.88. The zero-order valence-electron chi connectivity index (χ0n) is 35.1. The van der Waals surface area contributed by atoms with Crippen molar-refractivity contribution in [2.24, 2.45) is 17.1 Å². The average molecular weight is 832 g/mol. The highest BCUT2D eigenvalue weighted by Crippen LogP contribution is 2.21. The van der Waals surface area contributed by atoms with Gasteiger partial charge < -0.3 is 47.8 Å². The topological polar surface area (TPSA) is 309 Å². The highest BCUT2D eigenvalue weighted by Gasteiger charge is 2.38. The van der Waals surface area contributed by atoms with Crippen LogP contribution in [0, 0.1) is 18.3 Å². The van der Waals surface area contributed by atoms with Crippen LogP contribution in [0.4, 0.5) is 0 Å². The summed E-state index contributed by atoms with van der Waals surface area (Å²) in [5, 5.41) is 33.6. The molecule has 10 N–H and O–H groups in total. The number of aryl methyl sites for hydroxylation is 1. The first-order valence-corrected chi connectivity index (χ1v) is 19.5. The van der Waals surface area contributed by atoms with Gasteiger partial charge in [0.05, 0.1) is 12.5 Å². The number of carbonyl (C=O) groups is 10. The number of primary amides is 1. The molecule has 59 heavy (non-hydrogen) atoms. The minimum atomic E-state index is -1.62. The number of ketones is 1. The quantitative estimate of drug-likeness (QED) is 0.0595. The molecule has 0 bridgehead atoms. The van der Waals surface area contributed by atoms with Crippen molar-refractivity contribution in [3.8, 4) is 0 Å². The summed E-state index contributed by atoms with van der Waals surface area (Å²) in [6.45, 7) is 13.2. The summed E-state index contributed by atoms with van der Waals surface area (Å²) in [5.41, 5.74) is 5.56. The predicted molar refractivity (Wildman–Crippen MR) is 214 cm³/mol. The number of rotatable bonds is 25. The van der Waals surface area contributed by atoms with E-state index in [1.54, 1.807) is 65.8 Å². The van der Waals surface area contributed by atoms with Gasteiger partial charge in [-0.3, -0.25) is 47.9 Å². The van der Waals surface area contributed by atoms with Crippen LogP contribution in [0.1, 0.15) is 105 Å². The second-order valence-electron chi connectivity index (χ2n) is 16.0. The lowest BCUT2D eigenvalue weighted by Gasteiger charge is -2.34. The monoisotopic (exact) mass is 831 g/mol. The zero-order valence-corrected chi connectivity index (χ0v) is 35.1. The summed E-state index contributed by atoms with van der Waals surface area (Å²) < 4.78 is 0. The van der Waals surface area contributed by atoms with Crippen LogP contribution in [0.5, 0.6) is 0 Å². The van der Waals surface area contributed by atoms with Gasteiger partial charge in [0.1, 0.15) is 30.2 Å². The molecule has 0 heterocycles. The van der Waals surface area contributed by atoms with Crippen molar-refractivity contribution < 1.29 is 58.2 Å². The first kappa shape index (κ1) is 51.1. The molecule has 0 saturated heterocycles. The predicted octanol–water partition coefficient (Wildman–Crippen LogP) is 0.143. The second-order valence-corrected chi connectivity index (χ2v) is 16.0. The minimum absolute atomic E-state index is 0.109. The van der Waals surface area contributed by atoms with Crippen LogP contribution in [0.2, 0.25) is 0 Å². The zero-order chi connectivity index (χ0) is 45.2. The summed E-state index contributed by atoms with van der Waals surface area (Å²) in [6, 6.07) is -1.51. The van der Waals surface area contributed by atoms with E-state index in [0.29, 0.717) is 18.4 Å². The molecule has 19 heteroatoms. The third kappa shape index (κ3) is 18.5. The van der Waals surface area contributed by atoms with Crippen molar-refractivity contribution in [3.05, 3.63) is 35.4 Å². The Morgan fingerprint density at radius 2 is 1.20 bits per heavy atom. The fourth-order valence-electron chi connectivity index (χ4n) is 5.98. The molecule has 1 aromatic rings. The number of amides is 7. The molecule has 19 nitrogen and oxygen atoms in total. The summed E-state index contributed by atoms with van der Waals surface area (Å²) in [5.74, 6) is -10.4. The van der Waals surface area contributed by atoms with E-state index in [1.807, 2.05) is 6.92 Å². The van der Waals surface area contributed by atoms with Gasteiger partial charge in [-0.15, -0.1) is 0 Å². The SMILES string of the molecule is CCCCC(NC(=O)[C@H](CC(C)C)NC(=O)[C@@H](NC(=O)[C@H](Cc1ccccc1C)NC(=O)[C@H](CCC(=O)O)NC(=O)[C@H](CC(=O)O)NC(C)=O)C(C)(C)C)C(=O)C(N)=O. The number of carbonyl (C=O) groups excluding carboxylic acids is 8. The fraction of sp³-hybridized carbons (Fsp3) is 0.600. The average Bonchev–Trinajstić information content (AvgIpc) is 3.11. The molecule has 6 atom stereocenters. The van der Waals surface area contributed by atoms with E-state index < -0.39 is 120 Å². The van der Waals surface area contributed by atoms with Crippen LogP contribution in [-0.4, -0.2) is 106 Å². The molecule has 1 unspecified atom stereocenters. The lowest BCUT2D eigenvalue weighted by molar-refractivity contribution is -0.141. The smallest absolute Gasteiger partial charge is 0.305 e. The van der Waals surface area contributed by atoms with E-state index in [0.717, 1.165) is 12.5 Å². The standard InChI is InChI=1S/C40H61N7O12/c1-9-10-15-25(32(53)34(41)54)43-36(56)27(18-21(2)3)46-39(59)33(40(6,7)8)47-38(58)28(19-24-14-12-11-13-22(24)4)45-35(55)26(16-17-30(49)50)44-37(57)29(20-31(51)52)42-23(5)48/h11-14,21,25-29,33H,9-10,15-20H2,1-8H3,(H2,41,54)(H,42,48)(H,43,56)(H,44,57)(H,45,55)(H,46,59)(H,47,58)(H,49,50)(H,51,52)/t25?,26-,27-,28-,29-,33+/m0/s1. The van der Waals surface area contributed by atoms with Crippen molar-refractivity contribution in [1.82, 2.24) is 31.9 Å². The second kappa shape index (κ2) is 24.1. The van der Waals surface area contributed by atoms with E-state index in [4.69, 9.17) is 5.73 Å². The van der Waals surface area contributed by atoms with E-state index in [-0.39, 0.29) is 25.2 Å². The molecule has 0 aromatic heterocycles. The molecule has 328 valence electrons. The highest BCUT2D eigenvalue weighted by atomic mass is 16.4. The molecule has 7 amide bonds. The van der Waals surface area contributed by atoms with E-state index in [2.05, 4.69) is 31.9 Å². The number of hydrogen-bond acceptors (Lipinski definition) is 10. The van der Waals surface area contributed by atoms with E-state index >= 15 is 0 Å². The molecule has 1 aromatic carbocycles. The summed E-state index contributed by atoms with van der Waals surface area (Å²) in [6.07, 6.45) is -0.686. The third-order valence-electron chi connectivity index (χ3n) is 9.15. The van der Waals surface area contributed by atoms with Crippen LogP contribution >= 0.6 is 0 Å². The van der Waals surface area contributed by atoms with Crippen molar-refractivity contribution in [1.29, 1.82) is 0 Å². The summed E-state index contributed by atoms with van der Waals surface area (Å²) in [4.78, 5) is 128. The Bertz CT molecular complexity index is 1690. The molecule has 0 fully saturated rings. The number of nitrogens with two attached hydrogens (primary N) is 1. The Morgan fingerprint density at radius 1 is 0.678 bits per heavy atom. The van der Waals surface area contributed by atoms with Crippen LogP contribution in [0.3, 0.4) is 0 Å². The van der Waals surface area contributed by atoms with Crippen molar-refractivity contribution in [3.63, 3.8) is 0 Å². The van der Waals surface area contributed by atoms with Crippen molar-refractivity contribution in [2.75, 3.05) is 0 Å². The third-order valence-corrected chi connectivity index (χ3v) is 9.15. The number of carboxylic acids is 2. The lowest BCUT2D eigenvalue weighted by Crippen LogP contribution is -2.62. The van der Waals surface area contributed by atoms with Gasteiger partial charge in [-0.2, -0.15) is 0 Å². The lowest BCUT2D eigenvalue weighted by atomic mass is 9.85. The number of unbranched alkanes of at least 4 members (excludes halogenated alkanes) is 1. The number of aliphatic carboxylic acids is 2. The maximum atomic E-state index is 14.2. The Morgan fingerprint density at radius 3 is 1.71 bits per heavy atom. The number of hydrogen-bond donors (Lipinski definition) is 9. The van der Waals surface area contributed by atoms with E-state index in [1.165, 1.54) is 0 Å². The first-order valence-electron chi connectivity index (χ1n) is 19.5. The van der Waals surface area contributed by atoms with Gasteiger partial charge in [0.15, 0.2) is 0 Å². The Labute approximate surface area is 344 Å². The number of Topliss-reactive ketones (excluding diaryl/α,β-unsaturated/α-hetero) is 1. The van der Waals surface area contributed by atoms with Gasteiger partial charge in [-0.05, 0) is 48.6 Å². The molecular formula is C40H61N7O12. The maximum absolute atomic E-state index is 14.2. The van der Waals surface area contributed by atoms with Gasteiger partial charge in [0.25, 0.3) is 5.91 Å². The van der Waals surface area contributed by atoms with Gasteiger partial charge in [0.2, 0.25) is 41.2 Å². The Kier molecular flexibility index (Phi) is 20.9. The number of nitrogens with one attached hydrogen (secondary N) is 6. The molecular weight excluding hydrogens is 770 g/mol. The summed E-state index contributed by atoms with van der Waals surface area (Å²) >= 11 is 0. The van der Waals surface area contributed by atoms with E-state index in [9.17, 15) is 58.2 Å². The van der Waals surface area contributed by atoms with Gasteiger partial charge in [0, 0.05) is 19.8 Å².